The molecule has 0 atom stereocenters. The highest BCUT2D eigenvalue weighted by Gasteiger charge is 2.15. The summed E-state index contributed by atoms with van der Waals surface area (Å²) in [6, 6.07) is 3.02. The minimum atomic E-state index is -0.463. The lowest BCUT2D eigenvalue weighted by Gasteiger charge is -1.96. The summed E-state index contributed by atoms with van der Waals surface area (Å²) in [5.41, 5.74) is 12.0. The van der Waals surface area contributed by atoms with Crippen molar-refractivity contribution in [1.29, 1.82) is 0 Å². The lowest BCUT2D eigenvalue weighted by molar-refractivity contribution is 0.102. The molecule has 0 aliphatic carbocycles. The highest BCUT2D eigenvalue weighted by atomic mass is 32.1. The minimum Gasteiger partial charge on any atom is -0.370 e. The largest absolute Gasteiger partial charge is 0.370 e. The number of carbonyl (C=O) groups is 1. The second kappa shape index (κ2) is 5.89. The fraction of sp³-hybridized carbons (Fsp3) is 0.0769. The van der Waals surface area contributed by atoms with Crippen molar-refractivity contribution in [2.24, 2.45) is 16.5 Å². The van der Waals surface area contributed by atoms with E-state index >= 15 is 0 Å². The van der Waals surface area contributed by atoms with Gasteiger partial charge in [-0.2, -0.15) is 4.99 Å². The van der Waals surface area contributed by atoms with Gasteiger partial charge in [0.2, 0.25) is 5.13 Å². The molecule has 0 unspecified atom stereocenters. The number of nitrogens with one attached hydrogen (secondary N) is 1. The quantitative estimate of drug-likeness (QED) is 0.495. The number of aromatic nitrogens is 2. The van der Waals surface area contributed by atoms with E-state index in [0.29, 0.717) is 15.3 Å². The van der Waals surface area contributed by atoms with E-state index in [1.807, 2.05) is 6.92 Å². The number of nitrogens with zero attached hydrogens (tertiary/aromatic N) is 3. The molecular formula is C13H11FN6OS2. The van der Waals surface area contributed by atoms with Crippen LogP contribution in [0.25, 0.3) is 10.2 Å². The molecule has 0 saturated heterocycles. The Labute approximate surface area is 137 Å². The summed E-state index contributed by atoms with van der Waals surface area (Å²) in [5, 5.41) is 4.71. The van der Waals surface area contributed by atoms with Crippen LogP contribution >= 0.6 is 22.7 Å². The molecule has 0 radical (unpaired) electrons. The Hall–Kier alpha value is -2.59. The van der Waals surface area contributed by atoms with E-state index in [-0.39, 0.29) is 22.6 Å². The fourth-order valence-corrected chi connectivity index (χ4v) is 3.48. The smallest absolute Gasteiger partial charge is 0.276 e. The molecule has 3 rings (SSSR count). The third-order valence-corrected chi connectivity index (χ3v) is 4.58. The van der Waals surface area contributed by atoms with Crippen molar-refractivity contribution < 1.29 is 9.18 Å². The van der Waals surface area contributed by atoms with Crippen molar-refractivity contribution in [2.75, 3.05) is 5.32 Å². The summed E-state index contributed by atoms with van der Waals surface area (Å²) >= 11 is 2.20. The van der Waals surface area contributed by atoms with Crippen molar-refractivity contribution in [2.45, 2.75) is 6.92 Å². The van der Waals surface area contributed by atoms with Gasteiger partial charge in [-0.15, -0.1) is 11.3 Å². The molecule has 2 heterocycles. The monoisotopic (exact) mass is 350 g/mol. The number of aliphatic imine (C=N–C) groups is 1. The highest BCUT2D eigenvalue weighted by Crippen LogP contribution is 2.30. The maximum Gasteiger partial charge on any atom is 0.276 e. The average molecular weight is 350 g/mol. The number of fused-ring (bicyclic) bond motifs is 1. The summed E-state index contributed by atoms with van der Waals surface area (Å²) in [4.78, 5) is 24.2. The molecule has 3 aromatic rings. The fourth-order valence-electron chi connectivity index (χ4n) is 1.85. The number of anilines is 1. The zero-order valence-electron chi connectivity index (χ0n) is 11.8. The molecule has 1 amide bonds. The van der Waals surface area contributed by atoms with Crippen LogP contribution < -0.4 is 16.8 Å². The summed E-state index contributed by atoms with van der Waals surface area (Å²) in [6.07, 6.45) is 0. The summed E-state index contributed by atoms with van der Waals surface area (Å²) in [6.45, 7) is 1.83. The van der Waals surface area contributed by atoms with Crippen LogP contribution in [0.2, 0.25) is 0 Å². The standard InChI is InChI=1S/C13H11FN6OS2/c1-5-2-3-6(14)9-8(5)18-13(23-9)19-10(21)7-4-22-12(17-7)20-11(15)16/h2-4H,1H3,(H,18,19,21)(H4,15,16,17,20). The zero-order chi connectivity index (χ0) is 16.6. The Kier molecular flexibility index (Phi) is 3.92. The van der Waals surface area contributed by atoms with E-state index in [2.05, 4.69) is 20.3 Å². The number of aryl methyl sites for hydroxylation is 1. The molecule has 0 aliphatic rings. The van der Waals surface area contributed by atoms with E-state index in [1.54, 1.807) is 6.07 Å². The van der Waals surface area contributed by atoms with Crippen molar-refractivity contribution in [3.63, 3.8) is 0 Å². The maximum atomic E-state index is 13.8. The average Bonchev–Trinajstić information content (AvgIpc) is 3.10. The predicted molar refractivity (Wildman–Crippen MR) is 89.9 cm³/mol. The lowest BCUT2D eigenvalue weighted by Crippen LogP contribution is -2.21. The maximum absolute atomic E-state index is 13.8. The Bertz CT molecular complexity index is 889. The molecule has 5 N–H and O–H groups in total. The minimum absolute atomic E-state index is 0.136. The van der Waals surface area contributed by atoms with Crippen LogP contribution in [-0.2, 0) is 0 Å². The molecule has 1 aromatic carbocycles. The van der Waals surface area contributed by atoms with E-state index in [9.17, 15) is 9.18 Å². The normalized spacial score (nSPS) is 10.7. The van der Waals surface area contributed by atoms with Gasteiger partial charge in [-0.3, -0.25) is 10.1 Å². The first kappa shape index (κ1) is 15.3. The summed E-state index contributed by atoms with van der Waals surface area (Å²) in [7, 11) is 0. The Morgan fingerprint density at radius 3 is 2.83 bits per heavy atom. The van der Waals surface area contributed by atoms with Gasteiger partial charge in [0.1, 0.15) is 11.5 Å². The van der Waals surface area contributed by atoms with Gasteiger partial charge in [0, 0.05) is 5.38 Å². The second-order valence-electron chi connectivity index (χ2n) is 4.57. The third-order valence-electron chi connectivity index (χ3n) is 2.87. The Balaban J connectivity index is 1.85. The van der Waals surface area contributed by atoms with Gasteiger partial charge in [-0.1, -0.05) is 17.4 Å². The van der Waals surface area contributed by atoms with Gasteiger partial charge in [-0.25, -0.2) is 14.4 Å². The number of carbonyl (C=O) groups excluding carboxylic acids is 1. The molecule has 23 heavy (non-hydrogen) atoms. The molecule has 10 heteroatoms. The van der Waals surface area contributed by atoms with Gasteiger partial charge < -0.3 is 11.5 Å². The van der Waals surface area contributed by atoms with Crippen LogP contribution in [-0.4, -0.2) is 21.8 Å². The molecule has 0 fully saturated rings. The third kappa shape index (κ3) is 3.12. The van der Waals surface area contributed by atoms with Crippen molar-refractivity contribution in [3.05, 3.63) is 34.6 Å². The van der Waals surface area contributed by atoms with Gasteiger partial charge >= 0.3 is 0 Å². The van der Waals surface area contributed by atoms with Crippen LogP contribution in [0, 0.1) is 12.7 Å². The second-order valence-corrected chi connectivity index (χ2v) is 6.40. The highest BCUT2D eigenvalue weighted by molar-refractivity contribution is 7.22. The number of guanidine groups is 1. The summed E-state index contributed by atoms with van der Waals surface area (Å²) in [5.74, 6) is -0.967. The van der Waals surface area contributed by atoms with Crippen LogP contribution in [0.4, 0.5) is 14.7 Å². The number of amides is 1. The van der Waals surface area contributed by atoms with Crippen molar-refractivity contribution in [3.8, 4) is 0 Å². The number of nitrogens with two attached hydrogens (primary N) is 2. The number of thiazole rings is 2. The predicted octanol–water partition coefficient (Wildman–Crippen LogP) is 2.36. The number of benzene rings is 1. The Morgan fingerprint density at radius 2 is 2.13 bits per heavy atom. The zero-order valence-corrected chi connectivity index (χ0v) is 13.5. The molecule has 0 spiro atoms. The number of rotatable bonds is 3. The number of hydrogen-bond donors (Lipinski definition) is 3. The first-order chi connectivity index (χ1) is 10.9. The lowest BCUT2D eigenvalue weighted by atomic mass is 10.2. The van der Waals surface area contributed by atoms with Crippen LogP contribution in [0.3, 0.4) is 0 Å². The molecule has 0 bridgehead atoms. The van der Waals surface area contributed by atoms with Gasteiger partial charge in [0.05, 0.1) is 10.2 Å². The molecule has 0 aliphatic heterocycles. The van der Waals surface area contributed by atoms with E-state index in [4.69, 9.17) is 11.5 Å². The van der Waals surface area contributed by atoms with Crippen LogP contribution in [0.15, 0.2) is 22.5 Å². The van der Waals surface area contributed by atoms with Crippen LogP contribution in [0.1, 0.15) is 16.1 Å². The van der Waals surface area contributed by atoms with Gasteiger partial charge in [0.15, 0.2) is 11.1 Å². The molecule has 7 nitrogen and oxygen atoms in total. The summed E-state index contributed by atoms with van der Waals surface area (Å²) < 4.78 is 14.2. The van der Waals surface area contributed by atoms with Crippen LogP contribution in [0.5, 0.6) is 0 Å². The van der Waals surface area contributed by atoms with E-state index in [0.717, 1.165) is 28.2 Å². The number of halogens is 1. The number of hydrogen-bond acceptors (Lipinski definition) is 6. The first-order valence-electron chi connectivity index (χ1n) is 6.36. The topological polar surface area (TPSA) is 119 Å². The van der Waals surface area contributed by atoms with Gasteiger partial charge in [0.25, 0.3) is 5.91 Å². The van der Waals surface area contributed by atoms with Gasteiger partial charge in [-0.05, 0) is 18.6 Å². The van der Waals surface area contributed by atoms with E-state index < -0.39 is 5.91 Å². The van der Waals surface area contributed by atoms with E-state index in [1.165, 1.54) is 11.4 Å². The van der Waals surface area contributed by atoms with Crippen molar-refractivity contribution in [1.82, 2.24) is 9.97 Å². The molecule has 2 aromatic heterocycles. The molecular weight excluding hydrogens is 339 g/mol. The van der Waals surface area contributed by atoms with Crippen molar-refractivity contribution >= 4 is 55.0 Å². The Morgan fingerprint density at radius 1 is 1.35 bits per heavy atom. The SMILES string of the molecule is Cc1ccc(F)c2sc(NC(=O)c3csc(N=C(N)N)n3)nc12. The molecule has 118 valence electrons. The first-order valence-corrected chi connectivity index (χ1v) is 8.06. The molecule has 0 saturated carbocycles.